The molecule has 0 saturated carbocycles. The van der Waals surface area contributed by atoms with Crippen LogP contribution in [0.25, 0.3) is 11.3 Å². The van der Waals surface area contributed by atoms with E-state index in [1.165, 1.54) is 0 Å². The molecule has 0 radical (unpaired) electrons. The molecule has 7 nitrogen and oxygen atoms in total. The Hall–Kier alpha value is -2.35. The molecule has 1 atom stereocenters. The van der Waals surface area contributed by atoms with Crippen LogP contribution >= 0.6 is 0 Å². The molecule has 8 heteroatoms. The zero-order valence-corrected chi connectivity index (χ0v) is 13.1. The number of carbonyl (C=O) groups excluding carboxylic acids is 1. The normalized spacial score (nSPS) is 19.6. The summed E-state index contributed by atoms with van der Waals surface area (Å²) in [4.78, 5) is 12.1. The SMILES string of the molecule is O=C(NC[C@H]1CCS(=O)(=O)C1)c1cc(-c2ccc(O)cc2)n[nH]1. The molecular formula is C15H17N3O4S. The average Bonchev–Trinajstić information content (AvgIpc) is 3.12. The molecule has 0 aliphatic carbocycles. The lowest BCUT2D eigenvalue weighted by atomic mass is 10.1. The van der Waals surface area contributed by atoms with Crippen molar-refractivity contribution in [3.05, 3.63) is 36.0 Å². The molecule has 3 rings (SSSR count). The van der Waals surface area contributed by atoms with E-state index in [0.717, 1.165) is 5.56 Å². The van der Waals surface area contributed by atoms with Crippen LogP contribution in [0.15, 0.2) is 30.3 Å². The van der Waals surface area contributed by atoms with Gasteiger partial charge < -0.3 is 10.4 Å². The number of benzene rings is 1. The van der Waals surface area contributed by atoms with Crippen molar-refractivity contribution in [2.24, 2.45) is 5.92 Å². The van der Waals surface area contributed by atoms with Crippen molar-refractivity contribution in [1.82, 2.24) is 15.5 Å². The van der Waals surface area contributed by atoms with Gasteiger partial charge in [-0.05, 0) is 42.7 Å². The molecule has 2 aromatic rings. The summed E-state index contributed by atoms with van der Waals surface area (Å²) in [6.07, 6.45) is 0.588. The van der Waals surface area contributed by atoms with E-state index < -0.39 is 9.84 Å². The van der Waals surface area contributed by atoms with E-state index in [-0.39, 0.29) is 29.1 Å². The summed E-state index contributed by atoms with van der Waals surface area (Å²) in [5.41, 5.74) is 1.69. The van der Waals surface area contributed by atoms with Gasteiger partial charge >= 0.3 is 0 Å². The summed E-state index contributed by atoms with van der Waals surface area (Å²) in [6.45, 7) is 0.339. The van der Waals surface area contributed by atoms with Gasteiger partial charge in [0.15, 0.2) is 9.84 Å². The first kappa shape index (κ1) is 15.5. The van der Waals surface area contributed by atoms with Gasteiger partial charge in [0, 0.05) is 12.1 Å². The van der Waals surface area contributed by atoms with Crippen LogP contribution in [-0.4, -0.2) is 47.7 Å². The number of phenols is 1. The Balaban J connectivity index is 1.61. The minimum Gasteiger partial charge on any atom is -0.508 e. The highest BCUT2D eigenvalue weighted by atomic mass is 32.2. The minimum absolute atomic E-state index is 0.0246. The minimum atomic E-state index is -2.94. The van der Waals surface area contributed by atoms with Gasteiger partial charge in [-0.2, -0.15) is 5.10 Å². The lowest BCUT2D eigenvalue weighted by Crippen LogP contribution is -2.30. The Bertz CT molecular complexity index is 812. The highest BCUT2D eigenvalue weighted by molar-refractivity contribution is 7.91. The molecule has 1 aromatic carbocycles. The van der Waals surface area contributed by atoms with Crippen molar-refractivity contribution in [2.45, 2.75) is 6.42 Å². The van der Waals surface area contributed by atoms with Crippen LogP contribution in [0.3, 0.4) is 0 Å². The van der Waals surface area contributed by atoms with Gasteiger partial charge in [0.1, 0.15) is 11.4 Å². The molecule has 1 saturated heterocycles. The van der Waals surface area contributed by atoms with Crippen LogP contribution in [0.5, 0.6) is 5.75 Å². The molecule has 2 heterocycles. The van der Waals surface area contributed by atoms with Crippen LogP contribution in [0.4, 0.5) is 0 Å². The second-order valence-electron chi connectivity index (χ2n) is 5.69. The van der Waals surface area contributed by atoms with E-state index in [1.54, 1.807) is 30.3 Å². The predicted molar refractivity (Wildman–Crippen MR) is 84.8 cm³/mol. The third-order valence-corrected chi connectivity index (χ3v) is 5.70. The maximum absolute atomic E-state index is 12.1. The monoisotopic (exact) mass is 335 g/mol. The van der Waals surface area contributed by atoms with Crippen LogP contribution in [0, 0.1) is 5.92 Å². The first-order valence-electron chi connectivity index (χ1n) is 7.26. The molecule has 3 N–H and O–H groups in total. The van der Waals surface area contributed by atoms with E-state index in [9.17, 15) is 18.3 Å². The third kappa shape index (κ3) is 3.70. The zero-order valence-electron chi connectivity index (χ0n) is 12.3. The molecular weight excluding hydrogens is 318 g/mol. The summed E-state index contributed by atoms with van der Waals surface area (Å²) in [6, 6.07) is 8.12. The number of hydrogen-bond donors (Lipinski definition) is 3. The van der Waals surface area contributed by atoms with Gasteiger partial charge in [-0.1, -0.05) is 0 Å². The number of amides is 1. The summed E-state index contributed by atoms with van der Waals surface area (Å²) in [5, 5.41) is 18.8. The number of nitrogens with one attached hydrogen (secondary N) is 2. The van der Waals surface area contributed by atoms with E-state index in [4.69, 9.17) is 0 Å². The lowest BCUT2D eigenvalue weighted by Gasteiger charge is -2.08. The maximum atomic E-state index is 12.1. The van der Waals surface area contributed by atoms with Gasteiger partial charge in [0.25, 0.3) is 5.91 Å². The number of aromatic amines is 1. The number of nitrogens with zero attached hydrogens (tertiary/aromatic N) is 1. The number of phenolic OH excluding ortho intramolecular Hbond substituents is 1. The second-order valence-corrected chi connectivity index (χ2v) is 7.92. The number of H-pyrrole nitrogens is 1. The van der Waals surface area contributed by atoms with Crippen LogP contribution in [0.1, 0.15) is 16.9 Å². The van der Waals surface area contributed by atoms with Gasteiger partial charge in [0.05, 0.1) is 17.2 Å². The number of aromatic hydroxyl groups is 1. The molecule has 1 aliphatic rings. The summed E-state index contributed by atoms with van der Waals surface area (Å²) < 4.78 is 22.8. The van der Waals surface area contributed by atoms with Gasteiger partial charge in [-0.15, -0.1) is 0 Å². The Morgan fingerprint density at radius 3 is 2.74 bits per heavy atom. The lowest BCUT2D eigenvalue weighted by molar-refractivity contribution is 0.0943. The largest absolute Gasteiger partial charge is 0.508 e. The summed E-state index contributed by atoms with van der Waals surface area (Å²) in [7, 11) is -2.94. The molecule has 0 unspecified atom stereocenters. The summed E-state index contributed by atoms with van der Waals surface area (Å²) in [5.74, 6) is 0.154. The second kappa shape index (κ2) is 6.04. The zero-order chi connectivity index (χ0) is 16.4. The van der Waals surface area contributed by atoms with Crippen molar-refractivity contribution < 1.29 is 18.3 Å². The molecule has 23 heavy (non-hydrogen) atoms. The Kier molecular flexibility index (Phi) is 4.08. The van der Waals surface area contributed by atoms with Crippen molar-refractivity contribution in [2.75, 3.05) is 18.1 Å². The molecule has 122 valence electrons. The standard InChI is InChI=1S/C15H17N3O4S/c19-12-3-1-11(2-4-12)13-7-14(18-17-13)15(20)16-8-10-5-6-23(21,22)9-10/h1-4,7,10,19H,5-6,8-9H2,(H,16,20)(H,17,18)/t10-/m1/s1. The van der Waals surface area contributed by atoms with Crippen LogP contribution < -0.4 is 5.32 Å². The first-order chi connectivity index (χ1) is 10.9. The number of sulfone groups is 1. The molecule has 1 aromatic heterocycles. The predicted octanol–water partition coefficient (Wildman–Crippen LogP) is 0.947. The van der Waals surface area contributed by atoms with Crippen LogP contribution in [0.2, 0.25) is 0 Å². The van der Waals surface area contributed by atoms with E-state index in [1.807, 2.05) is 0 Å². The third-order valence-electron chi connectivity index (χ3n) is 3.86. The molecule has 1 aliphatic heterocycles. The highest BCUT2D eigenvalue weighted by Gasteiger charge is 2.28. The van der Waals surface area contributed by atoms with Crippen molar-refractivity contribution in [3.63, 3.8) is 0 Å². The summed E-state index contributed by atoms with van der Waals surface area (Å²) >= 11 is 0. The number of aromatic nitrogens is 2. The number of carbonyl (C=O) groups is 1. The maximum Gasteiger partial charge on any atom is 0.269 e. The first-order valence-corrected chi connectivity index (χ1v) is 9.08. The molecule has 1 amide bonds. The Morgan fingerprint density at radius 2 is 2.09 bits per heavy atom. The van der Waals surface area contributed by atoms with Crippen molar-refractivity contribution in [3.8, 4) is 17.0 Å². The Labute approximate surface area is 133 Å². The van der Waals surface area contributed by atoms with Crippen molar-refractivity contribution in [1.29, 1.82) is 0 Å². The average molecular weight is 335 g/mol. The molecule has 0 spiro atoms. The fraction of sp³-hybridized carbons (Fsp3) is 0.333. The van der Waals surface area contributed by atoms with E-state index in [0.29, 0.717) is 24.4 Å². The fourth-order valence-corrected chi connectivity index (χ4v) is 4.45. The number of rotatable bonds is 4. The fourth-order valence-electron chi connectivity index (χ4n) is 2.58. The van der Waals surface area contributed by atoms with E-state index in [2.05, 4.69) is 15.5 Å². The van der Waals surface area contributed by atoms with Crippen molar-refractivity contribution >= 4 is 15.7 Å². The number of hydrogen-bond acceptors (Lipinski definition) is 5. The van der Waals surface area contributed by atoms with Gasteiger partial charge in [0.2, 0.25) is 0 Å². The van der Waals surface area contributed by atoms with Crippen LogP contribution in [-0.2, 0) is 9.84 Å². The Morgan fingerprint density at radius 1 is 1.35 bits per heavy atom. The topological polar surface area (TPSA) is 112 Å². The van der Waals surface area contributed by atoms with Gasteiger partial charge in [-0.25, -0.2) is 8.42 Å². The molecule has 1 fully saturated rings. The quantitative estimate of drug-likeness (QED) is 0.770. The smallest absolute Gasteiger partial charge is 0.269 e. The van der Waals surface area contributed by atoms with Gasteiger partial charge in [-0.3, -0.25) is 9.89 Å². The van der Waals surface area contributed by atoms with E-state index >= 15 is 0 Å². The highest BCUT2D eigenvalue weighted by Crippen LogP contribution is 2.21. The molecule has 0 bridgehead atoms.